The SMILES string of the molecule is CC(C)(C)CC(=O)N1CCCC1c1ccccn1. The van der Waals surface area contributed by atoms with Gasteiger partial charge in [0, 0.05) is 19.2 Å². The van der Waals surface area contributed by atoms with Gasteiger partial charge in [0.2, 0.25) is 5.91 Å². The van der Waals surface area contributed by atoms with Gasteiger partial charge in [-0.05, 0) is 30.4 Å². The monoisotopic (exact) mass is 246 g/mol. The molecular weight excluding hydrogens is 224 g/mol. The highest BCUT2D eigenvalue weighted by atomic mass is 16.2. The van der Waals surface area contributed by atoms with Crippen molar-refractivity contribution in [2.45, 2.75) is 46.1 Å². The first kappa shape index (κ1) is 13.1. The zero-order valence-corrected chi connectivity index (χ0v) is 11.5. The fourth-order valence-corrected chi connectivity index (χ4v) is 2.50. The quantitative estimate of drug-likeness (QED) is 0.803. The number of aromatic nitrogens is 1. The van der Waals surface area contributed by atoms with Crippen LogP contribution < -0.4 is 0 Å². The Morgan fingerprint density at radius 3 is 2.83 bits per heavy atom. The number of pyridine rings is 1. The fourth-order valence-electron chi connectivity index (χ4n) is 2.50. The third-order valence-corrected chi connectivity index (χ3v) is 3.28. The Kier molecular flexibility index (Phi) is 3.69. The second-order valence-electron chi connectivity index (χ2n) is 6.24. The van der Waals surface area contributed by atoms with Gasteiger partial charge in [-0.3, -0.25) is 9.78 Å². The normalized spacial score (nSPS) is 20.2. The van der Waals surface area contributed by atoms with E-state index in [1.165, 1.54) is 0 Å². The Labute approximate surface area is 109 Å². The Bertz CT molecular complexity index is 408. The van der Waals surface area contributed by atoms with Crippen LogP contribution in [0.2, 0.25) is 0 Å². The van der Waals surface area contributed by atoms with Crippen LogP contribution in [0.15, 0.2) is 24.4 Å². The lowest BCUT2D eigenvalue weighted by Crippen LogP contribution is -2.33. The van der Waals surface area contributed by atoms with Gasteiger partial charge in [-0.25, -0.2) is 0 Å². The molecule has 0 aromatic carbocycles. The molecule has 1 unspecified atom stereocenters. The summed E-state index contributed by atoms with van der Waals surface area (Å²) in [6.45, 7) is 7.19. The molecule has 18 heavy (non-hydrogen) atoms. The maximum absolute atomic E-state index is 12.3. The number of hydrogen-bond donors (Lipinski definition) is 0. The van der Waals surface area contributed by atoms with Crippen molar-refractivity contribution in [3.05, 3.63) is 30.1 Å². The molecule has 98 valence electrons. The van der Waals surface area contributed by atoms with Crippen molar-refractivity contribution in [3.8, 4) is 0 Å². The number of amides is 1. The first-order chi connectivity index (χ1) is 8.47. The van der Waals surface area contributed by atoms with Crippen LogP contribution >= 0.6 is 0 Å². The summed E-state index contributed by atoms with van der Waals surface area (Å²) in [6, 6.07) is 6.11. The molecule has 1 amide bonds. The summed E-state index contributed by atoms with van der Waals surface area (Å²) in [7, 11) is 0. The average Bonchev–Trinajstić information content (AvgIpc) is 2.76. The Balaban J connectivity index is 2.11. The Morgan fingerprint density at radius 1 is 1.44 bits per heavy atom. The molecule has 1 saturated heterocycles. The van der Waals surface area contributed by atoms with Crippen molar-refractivity contribution in [2.75, 3.05) is 6.54 Å². The van der Waals surface area contributed by atoms with Crippen molar-refractivity contribution < 1.29 is 4.79 Å². The Morgan fingerprint density at radius 2 is 2.22 bits per heavy atom. The Hall–Kier alpha value is -1.38. The van der Waals surface area contributed by atoms with Crippen molar-refractivity contribution in [2.24, 2.45) is 5.41 Å². The topological polar surface area (TPSA) is 33.2 Å². The van der Waals surface area contributed by atoms with Gasteiger partial charge < -0.3 is 4.90 Å². The molecule has 0 N–H and O–H groups in total. The third kappa shape index (κ3) is 3.09. The lowest BCUT2D eigenvalue weighted by atomic mass is 9.91. The van der Waals surface area contributed by atoms with Gasteiger partial charge in [0.25, 0.3) is 0 Å². The van der Waals surface area contributed by atoms with E-state index in [9.17, 15) is 4.79 Å². The summed E-state index contributed by atoms with van der Waals surface area (Å²) in [5, 5.41) is 0. The molecule has 2 heterocycles. The van der Waals surface area contributed by atoms with Gasteiger partial charge in [0.1, 0.15) is 0 Å². The van der Waals surface area contributed by atoms with E-state index >= 15 is 0 Å². The lowest BCUT2D eigenvalue weighted by Gasteiger charge is -2.27. The molecular formula is C15H22N2O. The van der Waals surface area contributed by atoms with E-state index in [4.69, 9.17) is 0 Å². The molecule has 0 spiro atoms. The van der Waals surface area contributed by atoms with Crippen LogP contribution in [0.25, 0.3) is 0 Å². The van der Waals surface area contributed by atoms with Crippen LogP contribution in [0.3, 0.4) is 0 Å². The van der Waals surface area contributed by atoms with Crippen LogP contribution in [-0.2, 0) is 4.79 Å². The summed E-state index contributed by atoms with van der Waals surface area (Å²) in [5.74, 6) is 0.260. The van der Waals surface area contributed by atoms with Crippen LogP contribution in [0.1, 0.15) is 51.8 Å². The number of hydrogen-bond acceptors (Lipinski definition) is 2. The molecule has 1 aliphatic rings. The summed E-state index contributed by atoms with van der Waals surface area (Å²) in [6.07, 6.45) is 4.53. The predicted octanol–water partition coefficient (Wildman–Crippen LogP) is 3.18. The molecule has 0 bridgehead atoms. The van der Waals surface area contributed by atoms with Gasteiger partial charge in [0.15, 0.2) is 0 Å². The molecule has 3 heteroatoms. The van der Waals surface area contributed by atoms with E-state index in [0.29, 0.717) is 6.42 Å². The van der Waals surface area contributed by atoms with Crippen LogP contribution in [0, 0.1) is 5.41 Å². The number of nitrogens with zero attached hydrogens (tertiary/aromatic N) is 2. The smallest absolute Gasteiger partial charge is 0.223 e. The number of carbonyl (C=O) groups excluding carboxylic acids is 1. The molecule has 1 aromatic rings. The average molecular weight is 246 g/mol. The minimum Gasteiger partial charge on any atom is -0.334 e. The summed E-state index contributed by atoms with van der Waals surface area (Å²) >= 11 is 0. The highest BCUT2D eigenvalue weighted by molar-refractivity contribution is 5.77. The van der Waals surface area contributed by atoms with Crippen molar-refractivity contribution >= 4 is 5.91 Å². The zero-order chi connectivity index (χ0) is 13.2. The second-order valence-corrected chi connectivity index (χ2v) is 6.24. The number of rotatable bonds is 2. The van der Waals surface area contributed by atoms with Gasteiger partial charge in [-0.15, -0.1) is 0 Å². The minimum absolute atomic E-state index is 0.0499. The first-order valence-electron chi connectivity index (χ1n) is 6.68. The molecule has 1 fully saturated rings. The summed E-state index contributed by atoms with van der Waals surface area (Å²) in [5.41, 5.74) is 1.08. The van der Waals surface area contributed by atoms with E-state index in [2.05, 4.69) is 25.8 Å². The van der Waals surface area contributed by atoms with Gasteiger partial charge in [-0.1, -0.05) is 26.8 Å². The zero-order valence-electron chi connectivity index (χ0n) is 11.5. The predicted molar refractivity (Wildman–Crippen MR) is 72.0 cm³/mol. The molecule has 0 radical (unpaired) electrons. The van der Waals surface area contributed by atoms with Gasteiger partial charge in [0.05, 0.1) is 11.7 Å². The molecule has 1 aromatic heterocycles. The maximum Gasteiger partial charge on any atom is 0.223 e. The van der Waals surface area contributed by atoms with Gasteiger partial charge in [-0.2, -0.15) is 0 Å². The molecule has 1 aliphatic heterocycles. The van der Waals surface area contributed by atoms with E-state index in [-0.39, 0.29) is 17.4 Å². The van der Waals surface area contributed by atoms with Crippen LogP contribution in [-0.4, -0.2) is 22.3 Å². The van der Waals surface area contributed by atoms with Crippen molar-refractivity contribution in [1.82, 2.24) is 9.88 Å². The molecule has 0 saturated carbocycles. The van der Waals surface area contributed by atoms with E-state index in [0.717, 1.165) is 25.1 Å². The van der Waals surface area contributed by atoms with Crippen molar-refractivity contribution in [3.63, 3.8) is 0 Å². The van der Waals surface area contributed by atoms with Crippen LogP contribution in [0.4, 0.5) is 0 Å². The second kappa shape index (κ2) is 5.09. The highest BCUT2D eigenvalue weighted by Gasteiger charge is 2.32. The van der Waals surface area contributed by atoms with Crippen LogP contribution in [0.5, 0.6) is 0 Å². The third-order valence-electron chi connectivity index (χ3n) is 3.28. The standard InChI is InChI=1S/C15H22N2O/c1-15(2,3)11-14(18)17-10-6-8-13(17)12-7-4-5-9-16-12/h4-5,7,9,13H,6,8,10-11H2,1-3H3. The maximum atomic E-state index is 12.3. The highest BCUT2D eigenvalue weighted by Crippen LogP contribution is 2.32. The number of carbonyl (C=O) groups is 1. The molecule has 2 rings (SSSR count). The van der Waals surface area contributed by atoms with E-state index in [1.54, 1.807) is 6.20 Å². The summed E-state index contributed by atoms with van der Waals surface area (Å²) in [4.78, 5) is 18.7. The van der Waals surface area contributed by atoms with Gasteiger partial charge >= 0.3 is 0 Å². The van der Waals surface area contributed by atoms with E-state index in [1.807, 2.05) is 23.1 Å². The number of likely N-dealkylation sites (tertiary alicyclic amines) is 1. The fraction of sp³-hybridized carbons (Fsp3) is 0.600. The molecule has 1 atom stereocenters. The van der Waals surface area contributed by atoms with E-state index < -0.39 is 0 Å². The minimum atomic E-state index is 0.0499. The van der Waals surface area contributed by atoms with Crippen molar-refractivity contribution in [1.29, 1.82) is 0 Å². The largest absolute Gasteiger partial charge is 0.334 e. The molecule has 0 aliphatic carbocycles. The lowest BCUT2D eigenvalue weighted by molar-refractivity contribution is -0.134. The first-order valence-corrected chi connectivity index (χ1v) is 6.68. The molecule has 3 nitrogen and oxygen atoms in total. The summed E-state index contributed by atoms with van der Waals surface area (Å²) < 4.78 is 0.